The van der Waals surface area contributed by atoms with E-state index in [0.29, 0.717) is 12.1 Å². The number of benzene rings is 1. The Labute approximate surface area is 182 Å². The van der Waals surface area contributed by atoms with Gasteiger partial charge in [0.1, 0.15) is 5.76 Å². The molecule has 1 fully saturated rings. The van der Waals surface area contributed by atoms with Gasteiger partial charge in [-0.1, -0.05) is 24.6 Å². The zero-order chi connectivity index (χ0) is 21.7. The molecule has 0 saturated carbocycles. The third-order valence-electron chi connectivity index (χ3n) is 5.56. The molecule has 4 rings (SSSR count). The first-order valence-corrected chi connectivity index (χ1v) is 12.1. The van der Waals surface area contributed by atoms with Gasteiger partial charge in [-0.05, 0) is 56.3 Å². The molecule has 1 saturated heterocycles. The molecule has 1 atom stereocenters. The third-order valence-corrected chi connectivity index (χ3v) is 7.24. The number of sulfone groups is 1. The number of hydrogen-bond donors (Lipinski definition) is 1. The number of carbonyl (C=O) groups excluding carboxylic acids is 1. The lowest BCUT2D eigenvalue weighted by atomic mass is 10.1. The summed E-state index contributed by atoms with van der Waals surface area (Å²) in [4.78, 5) is 15.4. The zero-order valence-electron chi connectivity index (χ0n) is 17.2. The maximum atomic E-state index is 12.9. The van der Waals surface area contributed by atoms with Crippen LogP contribution in [0.4, 0.5) is 0 Å². The summed E-state index contributed by atoms with van der Waals surface area (Å²) in [6.07, 6.45) is 6.42. The van der Waals surface area contributed by atoms with Gasteiger partial charge >= 0.3 is 0 Å². The second-order valence-corrected chi connectivity index (χ2v) is 9.67. The number of likely N-dealkylation sites (tertiary alicyclic amines) is 1. The van der Waals surface area contributed by atoms with Gasteiger partial charge in [-0.15, -0.1) is 0 Å². The SMILES string of the molecule is O=C(NCC(c1ccco1)N1CCCCC1)c1occc1CS(=O)(=O)c1ccccc1. The molecule has 7 nitrogen and oxygen atoms in total. The summed E-state index contributed by atoms with van der Waals surface area (Å²) in [7, 11) is -3.59. The summed E-state index contributed by atoms with van der Waals surface area (Å²) in [5.74, 6) is 0.0889. The summed E-state index contributed by atoms with van der Waals surface area (Å²) in [5, 5.41) is 2.91. The van der Waals surface area contributed by atoms with Gasteiger partial charge in [0.2, 0.25) is 0 Å². The van der Waals surface area contributed by atoms with Crippen LogP contribution in [0.15, 0.2) is 74.8 Å². The first-order valence-electron chi connectivity index (χ1n) is 10.4. The second kappa shape index (κ2) is 9.53. The van der Waals surface area contributed by atoms with Crippen LogP contribution in [0.3, 0.4) is 0 Å². The molecule has 0 bridgehead atoms. The molecule has 1 aliphatic rings. The molecule has 164 valence electrons. The van der Waals surface area contributed by atoms with Crippen LogP contribution < -0.4 is 5.32 Å². The van der Waals surface area contributed by atoms with Crippen molar-refractivity contribution in [1.29, 1.82) is 0 Å². The van der Waals surface area contributed by atoms with E-state index in [9.17, 15) is 13.2 Å². The summed E-state index contributed by atoms with van der Waals surface area (Å²) >= 11 is 0. The first-order chi connectivity index (χ1) is 15.0. The molecule has 1 amide bonds. The lowest BCUT2D eigenvalue weighted by Crippen LogP contribution is -2.40. The van der Waals surface area contributed by atoms with Gasteiger partial charge in [0, 0.05) is 12.1 Å². The standard InChI is InChI=1S/C23H26N2O5S/c26-23(24-16-20(21-10-7-14-29-21)25-12-5-2-6-13-25)22-18(11-15-30-22)17-31(27,28)19-8-3-1-4-9-19/h1,3-4,7-11,14-15,20H,2,5-6,12-13,16-17H2,(H,24,26). The van der Waals surface area contributed by atoms with Crippen molar-refractivity contribution in [2.24, 2.45) is 0 Å². The van der Waals surface area contributed by atoms with Crippen molar-refractivity contribution < 1.29 is 22.0 Å². The summed E-state index contributed by atoms with van der Waals surface area (Å²) < 4.78 is 36.4. The van der Waals surface area contributed by atoms with Crippen molar-refractivity contribution in [3.05, 3.63) is 78.1 Å². The van der Waals surface area contributed by atoms with Crippen molar-refractivity contribution in [2.75, 3.05) is 19.6 Å². The van der Waals surface area contributed by atoms with Gasteiger partial charge in [-0.25, -0.2) is 8.42 Å². The molecule has 1 unspecified atom stereocenters. The predicted molar refractivity (Wildman–Crippen MR) is 115 cm³/mol. The molecule has 1 aromatic carbocycles. The van der Waals surface area contributed by atoms with E-state index in [4.69, 9.17) is 8.83 Å². The summed E-state index contributed by atoms with van der Waals surface area (Å²) in [5.41, 5.74) is 0.342. The Bertz CT molecular complexity index is 1080. The van der Waals surface area contributed by atoms with Gasteiger partial charge in [-0.3, -0.25) is 9.69 Å². The van der Waals surface area contributed by atoms with Gasteiger partial charge < -0.3 is 14.2 Å². The van der Waals surface area contributed by atoms with Gasteiger partial charge in [0.05, 0.1) is 29.2 Å². The molecular formula is C23H26N2O5S. The van der Waals surface area contributed by atoms with Gasteiger partial charge in [0.15, 0.2) is 15.6 Å². The van der Waals surface area contributed by atoms with E-state index in [-0.39, 0.29) is 22.5 Å². The number of rotatable bonds is 8. The van der Waals surface area contributed by atoms with Crippen molar-refractivity contribution in [2.45, 2.75) is 36.0 Å². The number of hydrogen-bond acceptors (Lipinski definition) is 6. The molecule has 31 heavy (non-hydrogen) atoms. The van der Waals surface area contributed by atoms with Crippen LogP contribution in [-0.2, 0) is 15.6 Å². The molecule has 8 heteroatoms. The van der Waals surface area contributed by atoms with Crippen LogP contribution in [-0.4, -0.2) is 38.9 Å². The molecule has 0 radical (unpaired) electrons. The summed E-state index contributed by atoms with van der Waals surface area (Å²) in [6.45, 7) is 2.24. The first kappa shape index (κ1) is 21.4. The highest BCUT2D eigenvalue weighted by atomic mass is 32.2. The van der Waals surface area contributed by atoms with E-state index in [1.807, 2.05) is 12.1 Å². The van der Waals surface area contributed by atoms with Crippen LogP contribution in [0, 0.1) is 0 Å². The van der Waals surface area contributed by atoms with Crippen LogP contribution in [0.5, 0.6) is 0 Å². The van der Waals surface area contributed by atoms with Crippen molar-refractivity contribution in [3.63, 3.8) is 0 Å². The monoisotopic (exact) mass is 442 g/mol. The maximum Gasteiger partial charge on any atom is 0.287 e. The minimum Gasteiger partial charge on any atom is -0.468 e. The fourth-order valence-electron chi connectivity index (χ4n) is 3.95. The van der Waals surface area contributed by atoms with Crippen molar-refractivity contribution in [1.82, 2.24) is 10.2 Å². The largest absolute Gasteiger partial charge is 0.468 e. The molecule has 1 aliphatic heterocycles. The zero-order valence-corrected chi connectivity index (χ0v) is 18.0. The minimum absolute atomic E-state index is 0.0244. The fourth-order valence-corrected chi connectivity index (χ4v) is 5.33. The quantitative estimate of drug-likeness (QED) is 0.570. The highest BCUT2D eigenvalue weighted by Gasteiger charge is 2.27. The van der Waals surface area contributed by atoms with Crippen molar-refractivity contribution >= 4 is 15.7 Å². The topological polar surface area (TPSA) is 92.8 Å². The highest BCUT2D eigenvalue weighted by Crippen LogP contribution is 2.25. The lowest BCUT2D eigenvalue weighted by molar-refractivity contribution is 0.0886. The predicted octanol–water partition coefficient (Wildman–Crippen LogP) is 3.80. The smallest absolute Gasteiger partial charge is 0.287 e. The number of carbonyl (C=O) groups is 1. The Hall–Kier alpha value is -2.84. The summed E-state index contributed by atoms with van der Waals surface area (Å²) in [6, 6.07) is 13.4. The Morgan fingerprint density at radius 1 is 0.968 bits per heavy atom. The maximum absolute atomic E-state index is 12.9. The number of furan rings is 2. The molecular weight excluding hydrogens is 416 g/mol. The normalized spacial score (nSPS) is 16.1. The van der Waals surface area contributed by atoms with E-state index in [1.165, 1.54) is 18.8 Å². The molecule has 3 heterocycles. The van der Waals surface area contributed by atoms with E-state index in [1.54, 1.807) is 36.6 Å². The third kappa shape index (κ3) is 5.08. The second-order valence-electron chi connectivity index (χ2n) is 7.68. The van der Waals surface area contributed by atoms with E-state index >= 15 is 0 Å². The number of amides is 1. The van der Waals surface area contributed by atoms with E-state index in [0.717, 1.165) is 31.7 Å². The van der Waals surface area contributed by atoms with Crippen LogP contribution in [0.2, 0.25) is 0 Å². The van der Waals surface area contributed by atoms with Gasteiger partial charge in [-0.2, -0.15) is 0 Å². The Balaban J connectivity index is 1.46. The molecule has 1 N–H and O–H groups in total. The van der Waals surface area contributed by atoms with Gasteiger partial charge in [0.25, 0.3) is 5.91 Å². The number of nitrogens with zero attached hydrogens (tertiary/aromatic N) is 1. The van der Waals surface area contributed by atoms with Crippen molar-refractivity contribution in [3.8, 4) is 0 Å². The van der Waals surface area contributed by atoms with E-state index in [2.05, 4.69) is 10.2 Å². The number of nitrogens with one attached hydrogen (secondary N) is 1. The molecule has 2 aromatic heterocycles. The highest BCUT2D eigenvalue weighted by molar-refractivity contribution is 7.90. The van der Waals surface area contributed by atoms with E-state index < -0.39 is 15.7 Å². The van der Waals surface area contributed by atoms with Crippen LogP contribution >= 0.6 is 0 Å². The minimum atomic E-state index is -3.59. The Kier molecular flexibility index (Phi) is 6.58. The average molecular weight is 443 g/mol. The van der Waals surface area contributed by atoms with Crippen LogP contribution in [0.1, 0.15) is 47.2 Å². The fraction of sp³-hybridized carbons (Fsp3) is 0.348. The Morgan fingerprint density at radius 3 is 2.45 bits per heavy atom. The molecule has 0 aliphatic carbocycles. The van der Waals surface area contributed by atoms with Crippen LogP contribution in [0.25, 0.3) is 0 Å². The average Bonchev–Trinajstić information content (AvgIpc) is 3.47. The molecule has 0 spiro atoms. The Morgan fingerprint density at radius 2 is 1.74 bits per heavy atom. The number of piperidine rings is 1. The lowest BCUT2D eigenvalue weighted by Gasteiger charge is -2.33. The molecule has 3 aromatic rings.